The second kappa shape index (κ2) is 4.97. The smallest absolute Gasteiger partial charge is 0.122 e. The van der Waals surface area contributed by atoms with Crippen LogP contribution in [0, 0.1) is 5.41 Å². The maximum absolute atomic E-state index is 7.33. The SMILES string of the molecule is CN(Cc1cscn1)c1ccc(C(=N)N)cc1. The average molecular weight is 246 g/mol. The number of nitrogens with zero attached hydrogens (tertiary/aromatic N) is 2. The number of anilines is 1. The van der Waals surface area contributed by atoms with Gasteiger partial charge in [0.25, 0.3) is 0 Å². The van der Waals surface area contributed by atoms with Crippen molar-refractivity contribution < 1.29 is 0 Å². The highest BCUT2D eigenvalue weighted by Gasteiger charge is 2.04. The fraction of sp³-hybridized carbons (Fsp3) is 0.167. The van der Waals surface area contributed by atoms with Crippen molar-refractivity contribution in [2.75, 3.05) is 11.9 Å². The summed E-state index contributed by atoms with van der Waals surface area (Å²) in [5.41, 5.74) is 10.1. The van der Waals surface area contributed by atoms with E-state index in [9.17, 15) is 0 Å². The van der Waals surface area contributed by atoms with Crippen molar-refractivity contribution in [1.82, 2.24) is 4.98 Å². The van der Waals surface area contributed by atoms with Crippen molar-refractivity contribution in [2.45, 2.75) is 6.54 Å². The van der Waals surface area contributed by atoms with Gasteiger partial charge in [0.2, 0.25) is 0 Å². The molecule has 2 rings (SSSR count). The van der Waals surface area contributed by atoms with Crippen LogP contribution in [0.1, 0.15) is 11.3 Å². The Bertz CT molecular complexity index is 490. The van der Waals surface area contributed by atoms with Crippen molar-refractivity contribution in [3.8, 4) is 0 Å². The highest BCUT2D eigenvalue weighted by atomic mass is 32.1. The van der Waals surface area contributed by atoms with Crippen LogP contribution >= 0.6 is 11.3 Å². The number of thiazole rings is 1. The first-order chi connectivity index (χ1) is 8.16. The molecule has 5 heteroatoms. The zero-order chi connectivity index (χ0) is 12.3. The second-order valence-electron chi connectivity index (χ2n) is 3.80. The van der Waals surface area contributed by atoms with Crippen LogP contribution in [0.2, 0.25) is 0 Å². The lowest BCUT2D eigenvalue weighted by atomic mass is 10.2. The number of benzene rings is 1. The van der Waals surface area contributed by atoms with Crippen LogP contribution in [-0.2, 0) is 6.54 Å². The van der Waals surface area contributed by atoms with Crippen LogP contribution in [0.25, 0.3) is 0 Å². The molecule has 0 saturated carbocycles. The van der Waals surface area contributed by atoms with Crippen molar-refractivity contribution in [1.29, 1.82) is 5.41 Å². The normalized spacial score (nSPS) is 10.2. The summed E-state index contributed by atoms with van der Waals surface area (Å²) in [4.78, 5) is 6.36. The van der Waals surface area contributed by atoms with Gasteiger partial charge in [-0.1, -0.05) is 0 Å². The van der Waals surface area contributed by atoms with Gasteiger partial charge in [0.15, 0.2) is 0 Å². The van der Waals surface area contributed by atoms with Gasteiger partial charge in [0.1, 0.15) is 5.84 Å². The Balaban J connectivity index is 2.09. The van der Waals surface area contributed by atoms with Crippen molar-refractivity contribution >= 4 is 22.9 Å². The summed E-state index contributed by atoms with van der Waals surface area (Å²) in [6.45, 7) is 0.781. The first-order valence-corrected chi connectivity index (χ1v) is 6.14. The number of aromatic nitrogens is 1. The number of rotatable bonds is 4. The van der Waals surface area contributed by atoms with Crippen LogP contribution < -0.4 is 10.6 Å². The third-order valence-electron chi connectivity index (χ3n) is 2.50. The first-order valence-electron chi connectivity index (χ1n) is 5.19. The Morgan fingerprint density at radius 2 is 2.12 bits per heavy atom. The van der Waals surface area contributed by atoms with Gasteiger partial charge in [0, 0.05) is 23.7 Å². The molecule has 0 unspecified atom stereocenters. The van der Waals surface area contributed by atoms with E-state index in [4.69, 9.17) is 11.1 Å². The van der Waals surface area contributed by atoms with Crippen molar-refractivity contribution in [3.63, 3.8) is 0 Å². The third kappa shape index (κ3) is 2.82. The van der Waals surface area contributed by atoms with E-state index in [1.54, 1.807) is 11.3 Å². The first kappa shape index (κ1) is 11.6. The summed E-state index contributed by atoms with van der Waals surface area (Å²) in [5.74, 6) is 0.0960. The number of hydrogen-bond acceptors (Lipinski definition) is 4. The van der Waals surface area contributed by atoms with E-state index in [-0.39, 0.29) is 5.84 Å². The fourth-order valence-electron chi connectivity index (χ4n) is 1.55. The largest absolute Gasteiger partial charge is 0.384 e. The van der Waals surface area contributed by atoms with Crippen LogP contribution in [0.4, 0.5) is 5.69 Å². The summed E-state index contributed by atoms with van der Waals surface area (Å²) >= 11 is 1.60. The molecule has 0 amide bonds. The molecular formula is C12H14N4S. The van der Waals surface area contributed by atoms with E-state index in [1.807, 2.05) is 42.2 Å². The van der Waals surface area contributed by atoms with E-state index in [0.717, 1.165) is 23.5 Å². The molecule has 0 aliphatic heterocycles. The molecule has 3 N–H and O–H groups in total. The highest BCUT2D eigenvalue weighted by molar-refractivity contribution is 7.07. The molecular weight excluding hydrogens is 232 g/mol. The molecule has 17 heavy (non-hydrogen) atoms. The molecule has 1 aromatic heterocycles. The summed E-state index contributed by atoms with van der Waals surface area (Å²) in [6, 6.07) is 7.64. The number of nitrogens with two attached hydrogens (primary N) is 1. The van der Waals surface area contributed by atoms with Crippen molar-refractivity contribution in [2.24, 2.45) is 5.73 Å². The van der Waals surface area contributed by atoms with Crippen molar-refractivity contribution in [3.05, 3.63) is 46.4 Å². The Morgan fingerprint density at radius 3 is 2.65 bits per heavy atom. The topological polar surface area (TPSA) is 66.0 Å². The lowest BCUT2D eigenvalue weighted by molar-refractivity contribution is 0.895. The third-order valence-corrected chi connectivity index (χ3v) is 3.14. The van der Waals surface area contributed by atoms with Gasteiger partial charge in [-0.25, -0.2) is 4.98 Å². The van der Waals surface area contributed by atoms with E-state index in [0.29, 0.717) is 0 Å². The van der Waals surface area contributed by atoms with E-state index < -0.39 is 0 Å². The molecule has 2 aromatic rings. The van der Waals surface area contributed by atoms with Gasteiger partial charge >= 0.3 is 0 Å². The quantitative estimate of drug-likeness (QED) is 0.641. The average Bonchev–Trinajstić information content (AvgIpc) is 2.82. The van der Waals surface area contributed by atoms with Gasteiger partial charge in [-0.2, -0.15) is 0 Å². The number of hydrogen-bond donors (Lipinski definition) is 2. The minimum atomic E-state index is 0.0960. The van der Waals surface area contributed by atoms with E-state index >= 15 is 0 Å². The number of nitrogens with one attached hydrogen (secondary N) is 1. The Hall–Kier alpha value is -1.88. The molecule has 0 bridgehead atoms. The van der Waals surface area contributed by atoms with Crippen LogP contribution in [-0.4, -0.2) is 17.9 Å². The predicted molar refractivity (Wildman–Crippen MR) is 71.7 cm³/mol. The zero-order valence-corrected chi connectivity index (χ0v) is 10.4. The Labute approximate surface area is 104 Å². The standard InChI is InChI=1S/C12H14N4S/c1-16(6-10-7-17-8-15-10)11-4-2-9(3-5-11)12(13)14/h2-5,7-8H,6H2,1H3,(H3,13,14). The van der Waals surface area contributed by atoms with Gasteiger partial charge < -0.3 is 10.6 Å². The Kier molecular flexibility index (Phi) is 3.39. The zero-order valence-electron chi connectivity index (χ0n) is 9.55. The second-order valence-corrected chi connectivity index (χ2v) is 4.52. The summed E-state index contributed by atoms with van der Waals surface area (Å²) in [7, 11) is 2.02. The molecule has 0 spiro atoms. The highest BCUT2D eigenvalue weighted by Crippen LogP contribution is 2.16. The fourth-order valence-corrected chi connectivity index (χ4v) is 2.09. The minimum absolute atomic E-state index is 0.0960. The van der Waals surface area contributed by atoms with Crippen LogP contribution in [0.3, 0.4) is 0 Å². The molecule has 0 atom stereocenters. The lowest BCUT2D eigenvalue weighted by Crippen LogP contribution is -2.17. The molecule has 0 aliphatic rings. The van der Waals surface area contributed by atoms with Gasteiger partial charge in [0.05, 0.1) is 17.7 Å². The van der Waals surface area contributed by atoms with E-state index in [2.05, 4.69) is 9.88 Å². The maximum Gasteiger partial charge on any atom is 0.122 e. The van der Waals surface area contributed by atoms with Crippen LogP contribution in [0.5, 0.6) is 0 Å². The lowest BCUT2D eigenvalue weighted by Gasteiger charge is -2.18. The molecule has 88 valence electrons. The van der Waals surface area contributed by atoms with Gasteiger partial charge in [-0.15, -0.1) is 11.3 Å². The Morgan fingerprint density at radius 1 is 1.41 bits per heavy atom. The van der Waals surface area contributed by atoms with Gasteiger partial charge in [-0.05, 0) is 24.3 Å². The number of amidine groups is 1. The number of nitrogen functional groups attached to an aromatic ring is 1. The molecule has 4 nitrogen and oxygen atoms in total. The molecule has 0 aliphatic carbocycles. The van der Waals surface area contributed by atoms with Crippen LogP contribution in [0.15, 0.2) is 35.2 Å². The summed E-state index contributed by atoms with van der Waals surface area (Å²) in [5, 5.41) is 9.37. The van der Waals surface area contributed by atoms with E-state index in [1.165, 1.54) is 0 Å². The summed E-state index contributed by atoms with van der Waals surface area (Å²) < 4.78 is 0. The van der Waals surface area contributed by atoms with Gasteiger partial charge in [-0.3, -0.25) is 5.41 Å². The maximum atomic E-state index is 7.33. The minimum Gasteiger partial charge on any atom is -0.384 e. The molecule has 1 aromatic carbocycles. The monoisotopic (exact) mass is 246 g/mol. The summed E-state index contributed by atoms with van der Waals surface area (Å²) in [6.07, 6.45) is 0. The molecule has 1 heterocycles. The molecule has 0 radical (unpaired) electrons. The molecule has 0 saturated heterocycles. The predicted octanol–water partition coefficient (Wildman–Crippen LogP) is 2.06. The molecule has 0 fully saturated rings.